The van der Waals surface area contributed by atoms with Crippen molar-refractivity contribution in [3.8, 4) is 5.75 Å². The molecule has 6 nitrogen and oxygen atoms in total. The molecule has 0 saturated carbocycles. The number of ether oxygens (including phenoxy) is 2. The summed E-state index contributed by atoms with van der Waals surface area (Å²) in [4.78, 5) is 23.0. The van der Waals surface area contributed by atoms with Crippen molar-refractivity contribution in [2.24, 2.45) is 0 Å². The fourth-order valence-corrected chi connectivity index (χ4v) is 1.33. The first-order valence-corrected chi connectivity index (χ1v) is 5.26. The summed E-state index contributed by atoms with van der Waals surface area (Å²) in [5, 5.41) is 11.3. The van der Waals surface area contributed by atoms with Crippen LogP contribution in [0.2, 0.25) is 0 Å². The molecule has 0 aromatic heterocycles. The van der Waals surface area contributed by atoms with E-state index in [1.807, 2.05) is 0 Å². The maximum absolute atomic E-state index is 11.8. The van der Waals surface area contributed by atoms with E-state index in [-0.39, 0.29) is 0 Å². The van der Waals surface area contributed by atoms with Crippen LogP contribution in [0.3, 0.4) is 0 Å². The Kier molecular flexibility index (Phi) is 5.13. The zero-order chi connectivity index (χ0) is 13.5. The highest BCUT2D eigenvalue weighted by Crippen LogP contribution is 2.12. The molecule has 1 aromatic rings. The van der Waals surface area contributed by atoms with Crippen molar-refractivity contribution in [1.29, 1.82) is 0 Å². The number of aliphatic hydroxyl groups excluding tert-OH is 1. The molecule has 98 valence electrons. The average Bonchev–Trinajstić information content (AvgIpc) is 2.43. The number of nitrogens with one attached hydrogen (secondary N) is 1. The minimum atomic E-state index is -1.08. The molecule has 0 saturated heterocycles. The van der Waals surface area contributed by atoms with Crippen LogP contribution in [0.5, 0.6) is 5.75 Å². The van der Waals surface area contributed by atoms with Gasteiger partial charge in [0.2, 0.25) is 0 Å². The van der Waals surface area contributed by atoms with Crippen LogP contribution >= 0.6 is 0 Å². The van der Waals surface area contributed by atoms with Crippen LogP contribution in [0.4, 0.5) is 0 Å². The second-order valence-corrected chi connectivity index (χ2v) is 3.46. The lowest BCUT2D eigenvalue weighted by Gasteiger charge is -2.14. The molecule has 1 amide bonds. The van der Waals surface area contributed by atoms with E-state index < -0.39 is 24.5 Å². The largest absolute Gasteiger partial charge is 0.497 e. The highest BCUT2D eigenvalue weighted by atomic mass is 16.5. The highest BCUT2D eigenvalue weighted by Gasteiger charge is 2.21. The Morgan fingerprint density at radius 1 is 1.39 bits per heavy atom. The molecule has 0 heterocycles. The van der Waals surface area contributed by atoms with Crippen molar-refractivity contribution in [2.75, 3.05) is 20.8 Å². The first-order chi connectivity index (χ1) is 8.62. The maximum atomic E-state index is 11.8. The number of amides is 1. The number of hydrogen-bond acceptors (Lipinski definition) is 5. The lowest BCUT2D eigenvalue weighted by Crippen LogP contribution is -2.44. The summed E-state index contributed by atoms with van der Waals surface area (Å²) in [6.07, 6.45) is 0. The molecule has 2 N–H and O–H groups in total. The van der Waals surface area contributed by atoms with E-state index in [0.29, 0.717) is 11.3 Å². The first kappa shape index (κ1) is 14.0. The lowest BCUT2D eigenvalue weighted by atomic mass is 10.2. The van der Waals surface area contributed by atoms with Crippen molar-refractivity contribution in [1.82, 2.24) is 5.32 Å². The normalized spacial score (nSPS) is 11.5. The van der Waals surface area contributed by atoms with Crippen LogP contribution in [-0.2, 0) is 9.53 Å². The maximum Gasteiger partial charge on any atom is 0.330 e. The molecule has 6 heteroatoms. The van der Waals surface area contributed by atoms with Gasteiger partial charge >= 0.3 is 5.97 Å². The zero-order valence-corrected chi connectivity index (χ0v) is 10.2. The van der Waals surface area contributed by atoms with Crippen LogP contribution in [0, 0.1) is 0 Å². The molecule has 0 spiro atoms. The fraction of sp³-hybridized carbons (Fsp3) is 0.333. The molecule has 1 aromatic carbocycles. The second kappa shape index (κ2) is 6.61. The summed E-state index contributed by atoms with van der Waals surface area (Å²) >= 11 is 0. The number of hydrogen-bond donors (Lipinski definition) is 2. The van der Waals surface area contributed by atoms with Gasteiger partial charge in [0.15, 0.2) is 6.04 Å². The molecule has 0 fully saturated rings. The van der Waals surface area contributed by atoms with Crippen molar-refractivity contribution in [3.63, 3.8) is 0 Å². The van der Waals surface area contributed by atoms with E-state index in [2.05, 4.69) is 10.1 Å². The number of aliphatic hydroxyl groups is 1. The summed E-state index contributed by atoms with van der Waals surface area (Å²) in [7, 11) is 2.67. The third-order valence-electron chi connectivity index (χ3n) is 2.31. The number of carbonyl (C=O) groups is 2. The molecular weight excluding hydrogens is 238 g/mol. The van der Waals surface area contributed by atoms with Gasteiger partial charge in [0.1, 0.15) is 5.75 Å². The molecule has 1 rings (SSSR count). The van der Waals surface area contributed by atoms with Gasteiger partial charge < -0.3 is 19.9 Å². The predicted molar refractivity (Wildman–Crippen MR) is 63.4 cm³/mol. The van der Waals surface area contributed by atoms with Crippen molar-refractivity contribution in [3.05, 3.63) is 29.8 Å². The third kappa shape index (κ3) is 3.46. The van der Waals surface area contributed by atoms with Crippen LogP contribution in [0.1, 0.15) is 10.4 Å². The summed E-state index contributed by atoms with van der Waals surface area (Å²) in [6, 6.07) is 5.37. The van der Waals surface area contributed by atoms with Gasteiger partial charge in [0.25, 0.3) is 5.91 Å². The summed E-state index contributed by atoms with van der Waals surface area (Å²) in [5.74, 6) is -0.659. The molecule has 0 radical (unpaired) electrons. The van der Waals surface area contributed by atoms with Gasteiger partial charge in [-0.15, -0.1) is 0 Å². The summed E-state index contributed by atoms with van der Waals surface area (Å²) in [5.41, 5.74) is 0.330. The molecule has 0 aliphatic heterocycles. The Labute approximate surface area is 105 Å². The molecule has 0 aliphatic rings. The molecule has 0 aliphatic carbocycles. The predicted octanol–water partition coefficient (Wildman–Crippen LogP) is -0.0411. The third-order valence-corrected chi connectivity index (χ3v) is 2.31. The van der Waals surface area contributed by atoms with E-state index in [4.69, 9.17) is 9.84 Å². The fourth-order valence-electron chi connectivity index (χ4n) is 1.33. The monoisotopic (exact) mass is 253 g/mol. The highest BCUT2D eigenvalue weighted by molar-refractivity contribution is 5.97. The Balaban J connectivity index is 2.77. The molecule has 18 heavy (non-hydrogen) atoms. The van der Waals surface area contributed by atoms with Gasteiger partial charge in [-0.2, -0.15) is 0 Å². The molecule has 0 unspecified atom stereocenters. The Morgan fingerprint density at radius 2 is 2.11 bits per heavy atom. The zero-order valence-electron chi connectivity index (χ0n) is 10.2. The van der Waals surface area contributed by atoms with Crippen molar-refractivity contribution >= 4 is 11.9 Å². The number of benzene rings is 1. The van der Waals surface area contributed by atoms with Gasteiger partial charge in [-0.25, -0.2) is 4.79 Å². The SMILES string of the molecule is COC(=O)[C@@H](CO)NC(=O)c1cccc(OC)c1. The smallest absolute Gasteiger partial charge is 0.330 e. The molecule has 1 atom stereocenters. The topological polar surface area (TPSA) is 84.9 Å². The second-order valence-electron chi connectivity index (χ2n) is 3.46. The van der Waals surface area contributed by atoms with E-state index in [9.17, 15) is 9.59 Å². The summed E-state index contributed by atoms with van der Waals surface area (Å²) < 4.78 is 9.43. The first-order valence-electron chi connectivity index (χ1n) is 5.26. The van der Waals surface area contributed by atoms with E-state index in [1.165, 1.54) is 20.3 Å². The van der Waals surface area contributed by atoms with Crippen LogP contribution in [0.25, 0.3) is 0 Å². The molecule has 0 bridgehead atoms. The van der Waals surface area contributed by atoms with Crippen molar-refractivity contribution < 1.29 is 24.2 Å². The standard InChI is InChI=1S/C12H15NO5/c1-17-9-5-3-4-8(6-9)11(15)13-10(7-14)12(16)18-2/h3-6,10,14H,7H2,1-2H3,(H,13,15)/t10-/m1/s1. The quantitative estimate of drug-likeness (QED) is 0.719. The van der Waals surface area contributed by atoms with E-state index in [0.717, 1.165) is 0 Å². The van der Waals surface area contributed by atoms with E-state index >= 15 is 0 Å². The van der Waals surface area contributed by atoms with E-state index in [1.54, 1.807) is 18.2 Å². The van der Waals surface area contributed by atoms with Gasteiger partial charge in [0.05, 0.1) is 20.8 Å². The van der Waals surface area contributed by atoms with Gasteiger partial charge in [-0.1, -0.05) is 6.07 Å². The van der Waals surface area contributed by atoms with Crippen LogP contribution in [-0.4, -0.2) is 43.9 Å². The lowest BCUT2D eigenvalue weighted by molar-refractivity contribution is -0.143. The number of carbonyl (C=O) groups excluding carboxylic acids is 2. The Morgan fingerprint density at radius 3 is 2.67 bits per heavy atom. The molecular formula is C12H15NO5. The van der Waals surface area contributed by atoms with Gasteiger partial charge in [-0.05, 0) is 18.2 Å². The van der Waals surface area contributed by atoms with Gasteiger partial charge in [0, 0.05) is 5.56 Å². The number of methoxy groups -OCH3 is 2. The number of rotatable bonds is 5. The number of esters is 1. The van der Waals surface area contributed by atoms with Gasteiger partial charge in [-0.3, -0.25) is 4.79 Å². The minimum absolute atomic E-state index is 0.330. The Hall–Kier alpha value is -2.08. The minimum Gasteiger partial charge on any atom is -0.497 e. The van der Waals surface area contributed by atoms with Crippen LogP contribution < -0.4 is 10.1 Å². The summed E-state index contributed by atoms with van der Waals surface area (Å²) in [6.45, 7) is -0.525. The van der Waals surface area contributed by atoms with Crippen LogP contribution in [0.15, 0.2) is 24.3 Å². The van der Waals surface area contributed by atoms with Crippen molar-refractivity contribution in [2.45, 2.75) is 6.04 Å². The average molecular weight is 253 g/mol. The Bertz CT molecular complexity index is 432.